The van der Waals surface area contributed by atoms with Crippen molar-refractivity contribution in [3.05, 3.63) is 57.5 Å². The molecule has 17 heavy (non-hydrogen) atoms. The van der Waals surface area contributed by atoms with E-state index in [4.69, 9.17) is 16.0 Å². The first-order valence-electron chi connectivity index (χ1n) is 5.45. The summed E-state index contributed by atoms with van der Waals surface area (Å²) in [4.78, 5) is 0.0773. The third-order valence-electron chi connectivity index (χ3n) is 2.95. The fourth-order valence-corrected chi connectivity index (χ4v) is 3.04. The molecule has 1 nitrogen and oxygen atoms in total. The highest BCUT2D eigenvalue weighted by atomic mass is 79.9. The lowest BCUT2D eigenvalue weighted by molar-refractivity contribution is 0.516. The largest absolute Gasteiger partial charge is 0.468 e. The van der Waals surface area contributed by atoms with Gasteiger partial charge in [0.15, 0.2) is 0 Å². The molecule has 3 heteroatoms. The third kappa shape index (κ3) is 2.43. The Bertz CT molecular complexity index is 545. The molecule has 1 atom stereocenters. The Morgan fingerprint density at radius 3 is 2.41 bits per heavy atom. The zero-order valence-corrected chi connectivity index (χ0v) is 12.4. The molecule has 0 aliphatic heterocycles. The van der Waals surface area contributed by atoms with Crippen LogP contribution in [-0.4, -0.2) is 0 Å². The Kier molecular flexibility index (Phi) is 3.64. The normalized spacial score (nSPS) is 12.8. The van der Waals surface area contributed by atoms with Gasteiger partial charge in [-0.3, -0.25) is 0 Å². The first kappa shape index (κ1) is 12.7. The van der Waals surface area contributed by atoms with Crippen molar-refractivity contribution in [3.63, 3.8) is 0 Å². The van der Waals surface area contributed by atoms with Crippen LogP contribution < -0.4 is 0 Å². The van der Waals surface area contributed by atoms with Gasteiger partial charge in [-0.2, -0.15) is 0 Å². The van der Waals surface area contributed by atoms with Crippen LogP contribution in [0.4, 0.5) is 0 Å². The van der Waals surface area contributed by atoms with Gasteiger partial charge in [0.25, 0.3) is 0 Å². The summed E-state index contributed by atoms with van der Waals surface area (Å²) >= 11 is 9.80. The summed E-state index contributed by atoms with van der Waals surface area (Å²) in [5, 5.41) is 0.808. The standard InChI is InChI=1S/C14H14BrClO/c1-8-4-5-17-14(8)13(15)11-6-10(3)12(16)7-9(11)2/h4-7,13H,1-3H3. The first-order chi connectivity index (χ1) is 8.00. The monoisotopic (exact) mass is 312 g/mol. The van der Waals surface area contributed by atoms with Crippen LogP contribution in [0.5, 0.6) is 0 Å². The molecule has 1 aromatic heterocycles. The van der Waals surface area contributed by atoms with E-state index in [1.807, 2.05) is 26.0 Å². The number of alkyl halides is 1. The van der Waals surface area contributed by atoms with Crippen molar-refractivity contribution >= 4 is 27.5 Å². The Morgan fingerprint density at radius 1 is 1.12 bits per heavy atom. The molecule has 0 spiro atoms. The van der Waals surface area contributed by atoms with Crippen LogP contribution >= 0.6 is 27.5 Å². The average molecular weight is 314 g/mol. The number of furan rings is 1. The topological polar surface area (TPSA) is 13.1 Å². The van der Waals surface area contributed by atoms with E-state index >= 15 is 0 Å². The Hall–Kier alpha value is -0.730. The summed E-state index contributed by atoms with van der Waals surface area (Å²) in [6.07, 6.45) is 1.72. The maximum Gasteiger partial charge on any atom is 0.124 e. The maximum absolute atomic E-state index is 6.11. The molecule has 0 fully saturated rings. The van der Waals surface area contributed by atoms with Crippen molar-refractivity contribution in [3.8, 4) is 0 Å². The fraction of sp³-hybridized carbons (Fsp3) is 0.286. The van der Waals surface area contributed by atoms with Crippen LogP contribution in [0, 0.1) is 20.8 Å². The second-order valence-corrected chi connectivity index (χ2v) is 5.61. The lowest BCUT2D eigenvalue weighted by Gasteiger charge is -2.14. The predicted octanol–water partition coefficient (Wildman–Crippen LogP) is 5.34. The Morgan fingerprint density at radius 2 is 1.82 bits per heavy atom. The van der Waals surface area contributed by atoms with Gasteiger partial charge in [0.05, 0.1) is 11.1 Å². The summed E-state index contributed by atoms with van der Waals surface area (Å²) in [6.45, 7) is 6.12. The SMILES string of the molecule is Cc1cc(C(Br)c2occc2C)c(C)cc1Cl. The minimum Gasteiger partial charge on any atom is -0.468 e. The van der Waals surface area contributed by atoms with Crippen LogP contribution in [0.15, 0.2) is 28.9 Å². The van der Waals surface area contributed by atoms with Gasteiger partial charge in [-0.05, 0) is 55.2 Å². The maximum atomic E-state index is 6.11. The van der Waals surface area contributed by atoms with Crippen LogP contribution in [0.3, 0.4) is 0 Å². The smallest absolute Gasteiger partial charge is 0.124 e. The molecule has 0 amide bonds. The number of rotatable bonds is 2. The molecule has 1 aromatic carbocycles. The molecule has 2 rings (SSSR count). The molecule has 0 bridgehead atoms. The fourth-order valence-electron chi connectivity index (χ4n) is 1.86. The second kappa shape index (κ2) is 4.87. The van der Waals surface area contributed by atoms with E-state index in [1.165, 1.54) is 11.1 Å². The van der Waals surface area contributed by atoms with E-state index in [1.54, 1.807) is 6.26 Å². The van der Waals surface area contributed by atoms with Crippen molar-refractivity contribution in [2.75, 3.05) is 0 Å². The zero-order chi connectivity index (χ0) is 12.6. The van der Waals surface area contributed by atoms with Crippen LogP contribution in [0.2, 0.25) is 5.02 Å². The lowest BCUT2D eigenvalue weighted by atomic mass is 10.0. The highest BCUT2D eigenvalue weighted by Gasteiger charge is 2.18. The van der Waals surface area contributed by atoms with Gasteiger partial charge >= 0.3 is 0 Å². The molecule has 0 saturated carbocycles. The number of hydrogen-bond acceptors (Lipinski definition) is 1. The first-order valence-corrected chi connectivity index (χ1v) is 6.74. The van der Waals surface area contributed by atoms with Gasteiger partial charge in [-0.1, -0.05) is 33.6 Å². The summed E-state index contributed by atoms with van der Waals surface area (Å²) in [7, 11) is 0. The minimum atomic E-state index is 0.0773. The van der Waals surface area contributed by atoms with Crippen molar-refractivity contribution in [1.29, 1.82) is 0 Å². The molecule has 2 aromatic rings. The quantitative estimate of drug-likeness (QED) is 0.682. The zero-order valence-electron chi connectivity index (χ0n) is 10.1. The van der Waals surface area contributed by atoms with Crippen LogP contribution in [0.25, 0.3) is 0 Å². The van der Waals surface area contributed by atoms with Crippen molar-refractivity contribution in [2.45, 2.75) is 25.6 Å². The summed E-state index contributed by atoms with van der Waals surface area (Å²) in [5.74, 6) is 0.954. The van der Waals surface area contributed by atoms with Crippen molar-refractivity contribution < 1.29 is 4.42 Å². The highest BCUT2D eigenvalue weighted by molar-refractivity contribution is 9.09. The van der Waals surface area contributed by atoms with Crippen LogP contribution in [0.1, 0.15) is 32.8 Å². The molecule has 0 aliphatic rings. The molecular weight excluding hydrogens is 300 g/mol. The number of hydrogen-bond donors (Lipinski definition) is 0. The highest BCUT2D eigenvalue weighted by Crippen LogP contribution is 2.36. The van der Waals surface area contributed by atoms with E-state index in [-0.39, 0.29) is 4.83 Å². The number of benzene rings is 1. The number of halogens is 2. The van der Waals surface area contributed by atoms with Gasteiger partial charge in [0.1, 0.15) is 5.76 Å². The molecule has 0 aliphatic carbocycles. The summed E-state index contributed by atoms with van der Waals surface area (Å²) < 4.78 is 5.53. The molecule has 0 saturated heterocycles. The van der Waals surface area contributed by atoms with E-state index in [0.717, 1.165) is 21.9 Å². The Labute approximate surface area is 115 Å². The Balaban J connectivity index is 2.48. The van der Waals surface area contributed by atoms with Gasteiger partial charge in [0, 0.05) is 5.02 Å². The molecule has 90 valence electrons. The van der Waals surface area contributed by atoms with E-state index in [0.29, 0.717) is 0 Å². The molecule has 0 N–H and O–H groups in total. The van der Waals surface area contributed by atoms with Crippen molar-refractivity contribution in [2.24, 2.45) is 0 Å². The lowest BCUT2D eigenvalue weighted by Crippen LogP contribution is -1.97. The predicted molar refractivity (Wildman–Crippen MR) is 75.1 cm³/mol. The molecule has 1 heterocycles. The van der Waals surface area contributed by atoms with Crippen molar-refractivity contribution in [1.82, 2.24) is 0 Å². The minimum absolute atomic E-state index is 0.0773. The molecule has 0 radical (unpaired) electrons. The van der Waals surface area contributed by atoms with Gasteiger partial charge in [-0.25, -0.2) is 0 Å². The number of aryl methyl sites for hydroxylation is 3. The van der Waals surface area contributed by atoms with Gasteiger partial charge in [-0.15, -0.1) is 0 Å². The summed E-state index contributed by atoms with van der Waals surface area (Å²) in [5.41, 5.74) is 4.60. The van der Waals surface area contributed by atoms with Crippen LogP contribution in [-0.2, 0) is 0 Å². The third-order valence-corrected chi connectivity index (χ3v) is 4.27. The van der Waals surface area contributed by atoms with Gasteiger partial charge < -0.3 is 4.42 Å². The molecular formula is C14H14BrClO. The van der Waals surface area contributed by atoms with E-state index in [9.17, 15) is 0 Å². The van der Waals surface area contributed by atoms with Gasteiger partial charge in [0.2, 0.25) is 0 Å². The summed E-state index contributed by atoms with van der Waals surface area (Å²) in [6, 6.07) is 6.08. The molecule has 1 unspecified atom stereocenters. The van der Waals surface area contributed by atoms with E-state index in [2.05, 4.69) is 28.9 Å². The van der Waals surface area contributed by atoms with E-state index < -0.39 is 0 Å². The second-order valence-electron chi connectivity index (χ2n) is 4.29. The average Bonchev–Trinajstić information content (AvgIpc) is 2.69.